The number of unbranched alkanes of at least 4 members (excludes halogenated alkanes) is 25. The summed E-state index contributed by atoms with van der Waals surface area (Å²) in [6, 6.07) is 0. The van der Waals surface area contributed by atoms with Gasteiger partial charge in [0.15, 0.2) is 6.10 Å². The second-order valence-electron chi connectivity index (χ2n) is 19.6. The van der Waals surface area contributed by atoms with Crippen molar-refractivity contribution in [3.63, 3.8) is 0 Å². The molecule has 0 aromatic heterocycles. The lowest BCUT2D eigenvalue weighted by Gasteiger charge is -2.18. The lowest BCUT2D eigenvalue weighted by Crippen LogP contribution is -2.30. The quantitative estimate of drug-likeness (QED) is 0.0199. The molecule has 0 heterocycles. The second-order valence-corrected chi connectivity index (χ2v) is 19.6. The van der Waals surface area contributed by atoms with E-state index in [1.807, 2.05) is 0 Å². The van der Waals surface area contributed by atoms with Gasteiger partial charge in [-0.2, -0.15) is 0 Å². The van der Waals surface area contributed by atoms with E-state index in [-0.39, 0.29) is 37.5 Å². The van der Waals surface area contributed by atoms with Gasteiger partial charge < -0.3 is 14.2 Å². The molecule has 0 aliphatic rings. The van der Waals surface area contributed by atoms with Gasteiger partial charge >= 0.3 is 17.9 Å². The molecule has 0 radical (unpaired) electrons. The zero-order valence-corrected chi connectivity index (χ0v) is 47.4. The lowest BCUT2D eigenvalue weighted by molar-refractivity contribution is -0.167. The molecule has 73 heavy (non-hydrogen) atoms. The predicted molar refractivity (Wildman–Crippen MR) is 316 cm³/mol. The van der Waals surface area contributed by atoms with E-state index in [1.54, 1.807) is 0 Å². The molecular formula is C67H110O6. The third-order valence-corrected chi connectivity index (χ3v) is 12.5. The highest BCUT2D eigenvalue weighted by Gasteiger charge is 2.19. The third kappa shape index (κ3) is 58.6. The van der Waals surface area contributed by atoms with E-state index in [1.165, 1.54) is 89.9 Å². The van der Waals surface area contributed by atoms with Crippen LogP contribution >= 0.6 is 0 Å². The normalized spacial score (nSPS) is 13.0. The fourth-order valence-corrected chi connectivity index (χ4v) is 8.00. The molecule has 0 amide bonds. The molecule has 0 aromatic rings. The van der Waals surface area contributed by atoms with E-state index in [0.717, 1.165) is 135 Å². The van der Waals surface area contributed by atoms with Crippen molar-refractivity contribution in [2.45, 2.75) is 271 Å². The number of ether oxygens (including phenoxy) is 3. The highest BCUT2D eigenvalue weighted by molar-refractivity contribution is 5.71. The van der Waals surface area contributed by atoms with Gasteiger partial charge in [-0.15, -0.1) is 0 Å². The maximum absolute atomic E-state index is 12.9. The molecule has 0 saturated heterocycles. The van der Waals surface area contributed by atoms with Crippen LogP contribution in [-0.4, -0.2) is 37.2 Å². The first-order chi connectivity index (χ1) is 36.0. The minimum Gasteiger partial charge on any atom is -0.462 e. The summed E-state index contributed by atoms with van der Waals surface area (Å²) in [6.45, 7) is 6.44. The van der Waals surface area contributed by atoms with Crippen LogP contribution in [0.4, 0.5) is 0 Å². The molecule has 6 nitrogen and oxygen atoms in total. The minimum absolute atomic E-state index is 0.106. The van der Waals surface area contributed by atoms with Gasteiger partial charge in [0.05, 0.1) is 0 Å². The van der Waals surface area contributed by atoms with Crippen LogP contribution in [-0.2, 0) is 28.6 Å². The zero-order valence-electron chi connectivity index (χ0n) is 47.4. The average molecular weight is 1010 g/mol. The Morgan fingerprint density at radius 1 is 0.301 bits per heavy atom. The number of allylic oxidation sites excluding steroid dienone is 20. The SMILES string of the molecule is CC/C=C\C/C=C\C/C=C\C/C=C\C/C=C\CCCCCC(=O)OCC(COC(=O)CCCCCCC/C=C\CCCCCCCCCCC)OC(=O)CCCCCCC\C=C/C=C\C=C/C=C\CCCCC. The van der Waals surface area contributed by atoms with Crippen LogP contribution in [0.1, 0.15) is 265 Å². The third-order valence-electron chi connectivity index (χ3n) is 12.5. The maximum atomic E-state index is 12.9. The lowest BCUT2D eigenvalue weighted by atomic mass is 10.1. The van der Waals surface area contributed by atoms with E-state index in [4.69, 9.17) is 14.2 Å². The van der Waals surface area contributed by atoms with Crippen LogP contribution < -0.4 is 0 Å². The summed E-state index contributed by atoms with van der Waals surface area (Å²) < 4.78 is 16.9. The van der Waals surface area contributed by atoms with Crippen molar-refractivity contribution >= 4 is 17.9 Å². The number of carbonyl (C=O) groups excluding carboxylic acids is 3. The highest BCUT2D eigenvalue weighted by Crippen LogP contribution is 2.14. The van der Waals surface area contributed by atoms with Gasteiger partial charge in [-0.1, -0.05) is 251 Å². The molecule has 0 aliphatic carbocycles. The first kappa shape index (κ1) is 68.8. The molecule has 0 rings (SSSR count). The molecule has 0 aromatic carbocycles. The molecular weight excluding hydrogens is 901 g/mol. The largest absolute Gasteiger partial charge is 0.462 e. The Labute approximate surface area is 450 Å². The highest BCUT2D eigenvalue weighted by atomic mass is 16.6. The smallest absolute Gasteiger partial charge is 0.306 e. The number of esters is 3. The average Bonchev–Trinajstić information content (AvgIpc) is 3.39. The number of hydrogen-bond donors (Lipinski definition) is 0. The molecule has 0 bridgehead atoms. The Morgan fingerprint density at radius 2 is 0.589 bits per heavy atom. The topological polar surface area (TPSA) is 78.9 Å². The Balaban J connectivity index is 4.53. The zero-order chi connectivity index (χ0) is 52.9. The molecule has 0 fully saturated rings. The van der Waals surface area contributed by atoms with Crippen molar-refractivity contribution in [3.8, 4) is 0 Å². The Morgan fingerprint density at radius 3 is 1.01 bits per heavy atom. The molecule has 0 aliphatic heterocycles. The van der Waals surface area contributed by atoms with Gasteiger partial charge in [0.2, 0.25) is 0 Å². The Bertz CT molecular complexity index is 1540. The molecule has 1 unspecified atom stereocenters. The molecule has 1 atom stereocenters. The first-order valence-electron chi connectivity index (χ1n) is 30.1. The summed E-state index contributed by atoms with van der Waals surface area (Å²) in [4.78, 5) is 38.3. The van der Waals surface area contributed by atoms with Gasteiger partial charge in [0.25, 0.3) is 0 Å². The van der Waals surface area contributed by atoms with Gasteiger partial charge in [-0.05, 0) is 116 Å². The summed E-state index contributed by atoms with van der Waals surface area (Å²) in [6.07, 6.45) is 83.3. The van der Waals surface area contributed by atoms with Crippen molar-refractivity contribution in [1.82, 2.24) is 0 Å². The molecule has 0 saturated carbocycles. The molecule has 0 spiro atoms. The van der Waals surface area contributed by atoms with Crippen molar-refractivity contribution in [2.75, 3.05) is 13.2 Å². The number of carbonyl (C=O) groups is 3. The van der Waals surface area contributed by atoms with Crippen molar-refractivity contribution in [2.24, 2.45) is 0 Å². The number of rotatable bonds is 53. The first-order valence-corrected chi connectivity index (χ1v) is 30.1. The minimum atomic E-state index is -0.813. The van der Waals surface area contributed by atoms with Crippen molar-refractivity contribution in [1.29, 1.82) is 0 Å². The maximum Gasteiger partial charge on any atom is 0.306 e. The summed E-state index contributed by atoms with van der Waals surface area (Å²) in [5.41, 5.74) is 0. The molecule has 414 valence electrons. The molecule has 0 N–H and O–H groups in total. The number of hydrogen-bond acceptors (Lipinski definition) is 6. The van der Waals surface area contributed by atoms with Gasteiger partial charge in [0, 0.05) is 19.3 Å². The van der Waals surface area contributed by atoms with Crippen LogP contribution in [0.3, 0.4) is 0 Å². The second kappa shape index (κ2) is 60.4. The van der Waals surface area contributed by atoms with Crippen LogP contribution in [0, 0.1) is 0 Å². The van der Waals surface area contributed by atoms with Crippen LogP contribution in [0.2, 0.25) is 0 Å². The fourth-order valence-electron chi connectivity index (χ4n) is 8.00. The summed E-state index contributed by atoms with van der Waals surface area (Å²) in [5.74, 6) is -0.968. The molecule has 6 heteroatoms. The van der Waals surface area contributed by atoms with Crippen LogP contribution in [0.5, 0.6) is 0 Å². The monoisotopic (exact) mass is 1010 g/mol. The summed E-state index contributed by atoms with van der Waals surface area (Å²) in [5, 5.41) is 0. The standard InChI is InChI=1S/C67H110O6/c1-4-7-10-13-16-19-22-25-28-31-34-37-39-42-45-48-51-54-57-60-66(69)72-63-64(73-67(70)61-58-55-52-49-46-43-40-36-33-30-27-24-21-18-15-12-9-6-3)62-71-65(68)59-56-53-50-47-44-41-38-35-32-29-26-23-20-17-14-11-8-5-2/h7,10,16,18-19,21,24-25,27-28,30,33-38,40,42,45,64H,4-6,8-9,11-15,17,20,22-23,26,29,31-32,39,41,43-44,46-63H2,1-3H3/b10-7-,19-16-,21-18-,27-24-,28-25-,33-30-,37-34-,38-35-,40-36-,45-42-. The van der Waals surface area contributed by atoms with E-state index < -0.39 is 6.10 Å². The summed E-state index contributed by atoms with van der Waals surface area (Å²) in [7, 11) is 0. The Kier molecular flexibility index (Phi) is 56.9. The van der Waals surface area contributed by atoms with Crippen molar-refractivity contribution < 1.29 is 28.6 Å². The van der Waals surface area contributed by atoms with E-state index in [2.05, 4.69) is 142 Å². The van der Waals surface area contributed by atoms with E-state index >= 15 is 0 Å². The van der Waals surface area contributed by atoms with Crippen LogP contribution in [0.25, 0.3) is 0 Å². The van der Waals surface area contributed by atoms with Crippen molar-refractivity contribution in [3.05, 3.63) is 122 Å². The fraction of sp³-hybridized carbons (Fsp3) is 0.657. The Hall–Kier alpha value is -4.19. The predicted octanol–water partition coefficient (Wildman–Crippen LogP) is 20.4. The van der Waals surface area contributed by atoms with Crippen LogP contribution in [0.15, 0.2) is 122 Å². The van der Waals surface area contributed by atoms with Gasteiger partial charge in [-0.25, -0.2) is 0 Å². The van der Waals surface area contributed by atoms with Gasteiger partial charge in [-0.3, -0.25) is 14.4 Å². The van der Waals surface area contributed by atoms with E-state index in [9.17, 15) is 14.4 Å². The van der Waals surface area contributed by atoms with E-state index in [0.29, 0.717) is 12.8 Å². The van der Waals surface area contributed by atoms with Gasteiger partial charge in [0.1, 0.15) is 13.2 Å². The summed E-state index contributed by atoms with van der Waals surface area (Å²) >= 11 is 0.